The molecule has 0 aliphatic heterocycles. The van der Waals surface area contributed by atoms with Crippen molar-refractivity contribution in [3.63, 3.8) is 0 Å². The van der Waals surface area contributed by atoms with E-state index in [9.17, 15) is 13.2 Å². The van der Waals surface area contributed by atoms with Gasteiger partial charge in [-0.3, -0.25) is 5.10 Å². The first kappa shape index (κ1) is 13.7. The van der Waals surface area contributed by atoms with Gasteiger partial charge in [0.05, 0.1) is 6.20 Å². The lowest BCUT2D eigenvalue weighted by Crippen LogP contribution is -2.27. The Labute approximate surface area is 113 Å². The van der Waals surface area contributed by atoms with Crippen LogP contribution >= 0.6 is 11.3 Å². The summed E-state index contributed by atoms with van der Waals surface area (Å²) in [5, 5.41) is 16.1. The lowest BCUT2D eigenvalue weighted by atomic mass is 10.4. The maximum Gasteiger partial charge on any atom is 0.340 e. The zero-order valence-corrected chi connectivity index (χ0v) is 11.5. The van der Waals surface area contributed by atoms with Gasteiger partial charge in [-0.05, 0) is 11.4 Å². The third kappa shape index (κ3) is 2.67. The molecule has 0 spiro atoms. The van der Waals surface area contributed by atoms with E-state index >= 15 is 0 Å². The normalized spacial score (nSPS) is 11.9. The minimum absolute atomic E-state index is 0.179. The van der Waals surface area contributed by atoms with Gasteiger partial charge in [-0.25, -0.2) is 13.2 Å². The van der Waals surface area contributed by atoms with Gasteiger partial charge in [-0.1, -0.05) is 6.07 Å². The standard InChI is InChI=1S/C10H11N3O4S2/c1-13(6-7-3-2-4-18-7)19(16,17)9-8(10(14)15)5-11-12-9/h2-5H,6H2,1H3,(H,11,12)(H,14,15). The monoisotopic (exact) mass is 301 g/mol. The minimum atomic E-state index is -3.91. The number of nitrogens with one attached hydrogen (secondary N) is 1. The van der Waals surface area contributed by atoms with Gasteiger partial charge in [0, 0.05) is 18.5 Å². The summed E-state index contributed by atoms with van der Waals surface area (Å²) < 4.78 is 25.6. The lowest BCUT2D eigenvalue weighted by Gasteiger charge is -2.15. The zero-order chi connectivity index (χ0) is 14.0. The molecule has 0 saturated carbocycles. The quantitative estimate of drug-likeness (QED) is 0.857. The predicted octanol–water partition coefficient (Wildman–Crippen LogP) is 0.990. The van der Waals surface area contributed by atoms with Gasteiger partial charge in [0.15, 0.2) is 5.03 Å². The van der Waals surface area contributed by atoms with E-state index in [1.165, 1.54) is 18.4 Å². The van der Waals surface area contributed by atoms with Crippen molar-refractivity contribution in [1.82, 2.24) is 14.5 Å². The first-order chi connectivity index (χ1) is 8.93. The number of nitrogens with zero attached hydrogens (tertiary/aromatic N) is 2. The van der Waals surface area contributed by atoms with Crippen molar-refractivity contribution in [1.29, 1.82) is 0 Å². The summed E-state index contributed by atoms with van der Waals surface area (Å²) in [6.45, 7) is 0.179. The Morgan fingerprint density at radius 2 is 2.32 bits per heavy atom. The smallest absolute Gasteiger partial charge is 0.340 e. The fourth-order valence-electron chi connectivity index (χ4n) is 1.49. The highest BCUT2D eigenvalue weighted by molar-refractivity contribution is 7.89. The molecule has 2 heterocycles. The number of aromatic carboxylic acids is 1. The van der Waals surface area contributed by atoms with Crippen molar-refractivity contribution in [2.24, 2.45) is 0 Å². The van der Waals surface area contributed by atoms with Crippen LogP contribution in [0.5, 0.6) is 0 Å². The largest absolute Gasteiger partial charge is 0.478 e. The van der Waals surface area contributed by atoms with Crippen LogP contribution in [-0.2, 0) is 16.6 Å². The Morgan fingerprint density at radius 3 is 2.89 bits per heavy atom. The van der Waals surface area contributed by atoms with Gasteiger partial charge in [-0.15, -0.1) is 11.3 Å². The van der Waals surface area contributed by atoms with Crippen molar-refractivity contribution < 1.29 is 18.3 Å². The molecule has 0 saturated heterocycles. The van der Waals surface area contributed by atoms with E-state index in [0.29, 0.717) is 0 Å². The average Bonchev–Trinajstić information content (AvgIpc) is 2.98. The molecule has 19 heavy (non-hydrogen) atoms. The van der Waals surface area contributed by atoms with E-state index in [-0.39, 0.29) is 12.1 Å². The highest BCUT2D eigenvalue weighted by Crippen LogP contribution is 2.20. The van der Waals surface area contributed by atoms with E-state index < -0.39 is 21.0 Å². The topological polar surface area (TPSA) is 103 Å². The van der Waals surface area contributed by atoms with Crippen LogP contribution in [-0.4, -0.2) is 41.0 Å². The number of carboxylic acids is 1. The van der Waals surface area contributed by atoms with Crippen LogP contribution in [0.25, 0.3) is 0 Å². The average molecular weight is 301 g/mol. The number of hydrogen-bond donors (Lipinski definition) is 2. The van der Waals surface area contributed by atoms with Crippen molar-refractivity contribution in [3.05, 3.63) is 34.2 Å². The summed E-state index contributed by atoms with van der Waals surface area (Å²) in [5.74, 6) is -1.34. The molecule has 0 aliphatic rings. The molecule has 0 amide bonds. The Balaban J connectivity index is 2.31. The van der Waals surface area contributed by atoms with E-state index in [0.717, 1.165) is 15.4 Å². The molecule has 0 bridgehead atoms. The first-order valence-electron chi connectivity index (χ1n) is 5.18. The molecule has 0 fully saturated rings. The predicted molar refractivity (Wildman–Crippen MR) is 68.5 cm³/mol. The van der Waals surface area contributed by atoms with Gasteiger partial charge >= 0.3 is 5.97 Å². The molecule has 9 heteroatoms. The number of aromatic nitrogens is 2. The molecule has 0 aromatic carbocycles. The fourth-order valence-corrected chi connectivity index (χ4v) is 3.53. The maximum absolute atomic E-state index is 12.2. The van der Waals surface area contributed by atoms with Crippen LogP contribution in [0.3, 0.4) is 0 Å². The Hall–Kier alpha value is -1.71. The molecule has 0 aliphatic carbocycles. The summed E-state index contributed by atoms with van der Waals surface area (Å²) in [7, 11) is -2.52. The summed E-state index contributed by atoms with van der Waals surface area (Å²) in [6.07, 6.45) is 0.980. The third-order valence-electron chi connectivity index (χ3n) is 2.46. The number of H-pyrrole nitrogens is 1. The number of aromatic amines is 1. The molecule has 0 radical (unpaired) electrons. The van der Waals surface area contributed by atoms with Gasteiger partial charge in [0.2, 0.25) is 0 Å². The van der Waals surface area contributed by atoms with E-state index in [1.54, 1.807) is 0 Å². The second-order valence-corrected chi connectivity index (χ2v) is 6.77. The number of sulfonamides is 1. The van der Waals surface area contributed by atoms with Crippen LogP contribution in [0, 0.1) is 0 Å². The molecule has 2 N–H and O–H groups in total. The van der Waals surface area contributed by atoms with E-state index in [4.69, 9.17) is 5.11 Å². The highest BCUT2D eigenvalue weighted by atomic mass is 32.2. The summed E-state index contributed by atoms with van der Waals surface area (Å²) in [4.78, 5) is 11.8. The molecule has 102 valence electrons. The van der Waals surface area contributed by atoms with Gasteiger partial charge in [0.1, 0.15) is 5.56 Å². The molecule has 2 rings (SSSR count). The second kappa shape index (κ2) is 5.11. The molecular weight excluding hydrogens is 290 g/mol. The Bertz CT molecular complexity index is 675. The molecule has 2 aromatic heterocycles. The number of carboxylic acid groups (broad SMARTS) is 1. The molecule has 0 atom stereocenters. The van der Waals surface area contributed by atoms with Crippen molar-refractivity contribution >= 4 is 27.3 Å². The molecule has 0 unspecified atom stereocenters. The third-order valence-corrected chi connectivity index (χ3v) is 5.10. The summed E-state index contributed by atoms with van der Waals surface area (Å²) in [5.41, 5.74) is -0.363. The number of hydrogen-bond acceptors (Lipinski definition) is 5. The van der Waals surface area contributed by atoms with Gasteiger partial charge < -0.3 is 5.11 Å². The molecule has 2 aromatic rings. The number of carbonyl (C=O) groups is 1. The second-order valence-electron chi connectivity index (χ2n) is 3.76. The van der Waals surface area contributed by atoms with Crippen molar-refractivity contribution in [2.75, 3.05) is 7.05 Å². The lowest BCUT2D eigenvalue weighted by molar-refractivity contribution is 0.0692. The van der Waals surface area contributed by atoms with E-state index in [1.807, 2.05) is 17.5 Å². The van der Waals surface area contributed by atoms with Gasteiger partial charge in [0.25, 0.3) is 10.0 Å². The van der Waals surface area contributed by atoms with Crippen LogP contribution in [0.4, 0.5) is 0 Å². The van der Waals surface area contributed by atoms with Crippen LogP contribution in [0.1, 0.15) is 15.2 Å². The highest BCUT2D eigenvalue weighted by Gasteiger charge is 2.28. The van der Waals surface area contributed by atoms with Crippen LogP contribution in [0.2, 0.25) is 0 Å². The maximum atomic E-state index is 12.2. The van der Waals surface area contributed by atoms with Crippen LogP contribution < -0.4 is 0 Å². The van der Waals surface area contributed by atoms with Crippen LogP contribution in [0.15, 0.2) is 28.7 Å². The first-order valence-corrected chi connectivity index (χ1v) is 7.50. The fraction of sp³-hybridized carbons (Fsp3) is 0.200. The van der Waals surface area contributed by atoms with Gasteiger partial charge in [-0.2, -0.15) is 9.40 Å². The Morgan fingerprint density at radius 1 is 1.58 bits per heavy atom. The van der Waals surface area contributed by atoms with E-state index in [2.05, 4.69) is 10.2 Å². The van der Waals surface area contributed by atoms with Crippen molar-refractivity contribution in [2.45, 2.75) is 11.6 Å². The summed E-state index contributed by atoms with van der Waals surface area (Å²) >= 11 is 1.43. The zero-order valence-electron chi connectivity index (χ0n) is 9.90. The molecule has 7 nitrogen and oxygen atoms in total. The SMILES string of the molecule is CN(Cc1cccs1)S(=O)(=O)c1[nH]ncc1C(=O)O. The minimum Gasteiger partial charge on any atom is -0.478 e. The Kier molecular flexibility index (Phi) is 3.69. The summed E-state index contributed by atoms with van der Waals surface area (Å²) in [6, 6.07) is 3.63. The molecular formula is C10H11N3O4S2. The van der Waals surface area contributed by atoms with Crippen molar-refractivity contribution in [3.8, 4) is 0 Å². The number of rotatable bonds is 5. The number of thiophene rings is 1.